The lowest BCUT2D eigenvalue weighted by atomic mass is 10.1. The van der Waals surface area contributed by atoms with Crippen molar-refractivity contribution in [3.63, 3.8) is 0 Å². The lowest BCUT2D eigenvalue weighted by Crippen LogP contribution is -2.20. The van der Waals surface area contributed by atoms with Crippen LogP contribution in [0, 0.1) is 0 Å². The lowest BCUT2D eigenvalue weighted by Gasteiger charge is -2.06. The van der Waals surface area contributed by atoms with E-state index in [2.05, 4.69) is 30.5 Å². The number of nitrogens with zero attached hydrogens (tertiary/aromatic N) is 3. The first-order chi connectivity index (χ1) is 6.19. The average Bonchev–Trinajstić information content (AvgIpc) is 2.16. The van der Waals surface area contributed by atoms with Crippen LogP contribution in [-0.2, 0) is 0 Å². The molecule has 1 aromatic heterocycles. The maximum Gasteiger partial charge on any atom is 0.148 e. The molecule has 0 fully saturated rings. The highest BCUT2D eigenvalue weighted by Gasteiger charge is 2.00. The smallest absolute Gasteiger partial charge is 0.148 e. The van der Waals surface area contributed by atoms with Crippen molar-refractivity contribution in [2.24, 2.45) is 4.99 Å². The first kappa shape index (κ1) is 9.71. The van der Waals surface area contributed by atoms with Crippen LogP contribution in [0.1, 0.15) is 25.5 Å². The molecule has 0 bridgehead atoms. The minimum atomic E-state index is 0.428. The fraction of sp³-hybridized carbons (Fsp3) is 0.400. The van der Waals surface area contributed by atoms with E-state index in [1.165, 1.54) is 0 Å². The largest absolute Gasteiger partial charge is 0.270 e. The minimum Gasteiger partial charge on any atom is -0.270 e. The molecule has 0 saturated carbocycles. The zero-order valence-electron chi connectivity index (χ0n) is 8.36. The van der Waals surface area contributed by atoms with Crippen LogP contribution in [0.3, 0.4) is 0 Å². The van der Waals surface area contributed by atoms with Crippen LogP contribution in [0.15, 0.2) is 23.7 Å². The summed E-state index contributed by atoms with van der Waals surface area (Å²) in [7, 11) is 1.74. The third kappa shape index (κ3) is 2.05. The molecule has 13 heavy (non-hydrogen) atoms. The summed E-state index contributed by atoms with van der Waals surface area (Å²) in [6.45, 7) is 7.90. The molecule has 0 amide bonds. The average molecular weight is 177 g/mol. The third-order valence-corrected chi connectivity index (χ3v) is 1.85. The summed E-state index contributed by atoms with van der Waals surface area (Å²) in [6.07, 6.45) is 1.66. The van der Waals surface area contributed by atoms with Gasteiger partial charge < -0.3 is 0 Å². The van der Waals surface area contributed by atoms with Crippen molar-refractivity contribution in [1.29, 1.82) is 0 Å². The Morgan fingerprint density at radius 2 is 2.23 bits per heavy atom. The Labute approximate surface area is 78.4 Å². The van der Waals surface area contributed by atoms with Crippen molar-refractivity contribution in [2.45, 2.75) is 19.8 Å². The number of hydrogen-bond donors (Lipinski definition) is 0. The van der Waals surface area contributed by atoms with Gasteiger partial charge in [0.2, 0.25) is 0 Å². The van der Waals surface area contributed by atoms with Crippen LogP contribution >= 0.6 is 0 Å². The monoisotopic (exact) mass is 177 g/mol. The van der Waals surface area contributed by atoms with E-state index in [1.54, 1.807) is 17.9 Å². The van der Waals surface area contributed by atoms with Crippen LogP contribution < -0.4 is 5.49 Å². The van der Waals surface area contributed by atoms with Gasteiger partial charge in [0.25, 0.3) is 0 Å². The zero-order chi connectivity index (χ0) is 9.84. The lowest BCUT2D eigenvalue weighted by molar-refractivity contribution is 0.723. The Morgan fingerprint density at radius 1 is 1.54 bits per heavy atom. The van der Waals surface area contributed by atoms with Crippen molar-refractivity contribution >= 4 is 6.20 Å². The second-order valence-electron chi connectivity index (χ2n) is 3.12. The predicted octanol–water partition coefficient (Wildman–Crippen LogP) is 1.64. The summed E-state index contributed by atoms with van der Waals surface area (Å²) in [5.74, 6) is 0.428. The SMILES string of the molecule is C=Cn1nc(C(C)C)ccc1=NC. The first-order valence-corrected chi connectivity index (χ1v) is 4.34. The van der Waals surface area contributed by atoms with Crippen LogP contribution in [0.4, 0.5) is 0 Å². The molecular weight excluding hydrogens is 162 g/mol. The summed E-state index contributed by atoms with van der Waals surface area (Å²) < 4.78 is 1.69. The predicted molar refractivity (Wildman–Crippen MR) is 54.2 cm³/mol. The van der Waals surface area contributed by atoms with Gasteiger partial charge in [-0.15, -0.1) is 0 Å². The van der Waals surface area contributed by atoms with Crippen molar-refractivity contribution in [1.82, 2.24) is 9.78 Å². The zero-order valence-corrected chi connectivity index (χ0v) is 8.36. The molecule has 3 nitrogen and oxygen atoms in total. The number of aromatic nitrogens is 2. The van der Waals surface area contributed by atoms with Gasteiger partial charge in [-0.1, -0.05) is 20.4 Å². The molecule has 0 unspecified atom stereocenters. The molecule has 0 atom stereocenters. The van der Waals surface area contributed by atoms with E-state index in [4.69, 9.17) is 0 Å². The minimum absolute atomic E-state index is 0.428. The highest BCUT2D eigenvalue weighted by atomic mass is 15.3. The summed E-state index contributed by atoms with van der Waals surface area (Å²) in [6, 6.07) is 3.94. The summed E-state index contributed by atoms with van der Waals surface area (Å²) in [5, 5.41) is 4.37. The second-order valence-corrected chi connectivity index (χ2v) is 3.12. The number of hydrogen-bond acceptors (Lipinski definition) is 2. The highest BCUT2D eigenvalue weighted by Crippen LogP contribution is 2.07. The molecule has 0 radical (unpaired) electrons. The van der Waals surface area contributed by atoms with E-state index in [1.807, 2.05) is 12.1 Å². The molecule has 3 heteroatoms. The Kier molecular flexibility index (Phi) is 3.01. The van der Waals surface area contributed by atoms with Crippen LogP contribution in [-0.4, -0.2) is 16.8 Å². The third-order valence-electron chi connectivity index (χ3n) is 1.85. The van der Waals surface area contributed by atoms with Crippen LogP contribution in [0.25, 0.3) is 6.20 Å². The van der Waals surface area contributed by atoms with Gasteiger partial charge in [0.05, 0.1) is 5.69 Å². The Morgan fingerprint density at radius 3 is 2.69 bits per heavy atom. The van der Waals surface area contributed by atoms with E-state index in [0.717, 1.165) is 11.2 Å². The molecule has 0 aliphatic carbocycles. The van der Waals surface area contributed by atoms with Gasteiger partial charge in [-0.05, 0) is 18.1 Å². The molecule has 0 spiro atoms. The maximum absolute atomic E-state index is 4.37. The Bertz CT molecular complexity index is 361. The van der Waals surface area contributed by atoms with E-state index < -0.39 is 0 Å². The van der Waals surface area contributed by atoms with Gasteiger partial charge in [0.15, 0.2) is 0 Å². The maximum atomic E-state index is 4.37. The fourth-order valence-electron chi connectivity index (χ4n) is 1.06. The topological polar surface area (TPSA) is 30.2 Å². The van der Waals surface area contributed by atoms with Crippen molar-refractivity contribution < 1.29 is 0 Å². The quantitative estimate of drug-likeness (QED) is 0.675. The molecular formula is C10H15N3. The Hall–Kier alpha value is -1.38. The molecule has 1 rings (SSSR count). The Balaban J connectivity index is 3.29. The first-order valence-electron chi connectivity index (χ1n) is 4.34. The van der Waals surface area contributed by atoms with Gasteiger partial charge in [-0.25, -0.2) is 4.68 Å². The second kappa shape index (κ2) is 4.03. The molecule has 1 aromatic rings. The molecule has 70 valence electrons. The van der Waals surface area contributed by atoms with E-state index >= 15 is 0 Å². The highest BCUT2D eigenvalue weighted by molar-refractivity contribution is 5.15. The van der Waals surface area contributed by atoms with E-state index in [0.29, 0.717) is 5.92 Å². The molecule has 0 aromatic carbocycles. The molecule has 0 aliphatic rings. The van der Waals surface area contributed by atoms with E-state index in [9.17, 15) is 0 Å². The van der Waals surface area contributed by atoms with Gasteiger partial charge in [-0.3, -0.25) is 4.99 Å². The van der Waals surface area contributed by atoms with Gasteiger partial charge in [0, 0.05) is 13.2 Å². The fourth-order valence-corrected chi connectivity index (χ4v) is 1.06. The molecule has 0 saturated heterocycles. The summed E-state index contributed by atoms with van der Waals surface area (Å²) >= 11 is 0. The molecule has 0 aliphatic heterocycles. The van der Waals surface area contributed by atoms with Crippen molar-refractivity contribution in [2.75, 3.05) is 7.05 Å². The molecule has 1 heterocycles. The van der Waals surface area contributed by atoms with E-state index in [-0.39, 0.29) is 0 Å². The van der Waals surface area contributed by atoms with Crippen molar-refractivity contribution in [3.05, 3.63) is 29.9 Å². The van der Waals surface area contributed by atoms with Gasteiger partial charge >= 0.3 is 0 Å². The van der Waals surface area contributed by atoms with Crippen molar-refractivity contribution in [3.8, 4) is 0 Å². The molecule has 0 N–H and O–H groups in total. The van der Waals surface area contributed by atoms with Crippen LogP contribution in [0.2, 0.25) is 0 Å². The van der Waals surface area contributed by atoms with Gasteiger partial charge in [0.1, 0.15) is 5.49 Å². The number of rotatable bonds is 2. The van der Waals surface area contributed by atoms with Gasteiger partial charge in [-0.2, -0.15) is 5.10 Å². The normalized spacial score (nSPS) is 12.2. The summed E-state index contributed by atoms with van der Waals surface area (Å²) in [4.78, 5) is 4.07. The van der Waals surface area contributed by atoms with Crippen LogP contribution in [0.5, 0.6) is 0 Å². The standard InChI is InChI=1S/C10H15N3/c1-5-13-10(11-4)7-6-9(12-13)8(2)3/h5-8H,1H2,2-4H3. The summed E-state index contributed by atoms with van der Waals surface area (Å²) in [5.41, 5.74) is 1.87.